The maximum Gasteiger partial charge on any atom is 0.238 e. The molecule has 4 aromatic heterocycles. The zero-order chi connectivity index (χ0) is 33.8. The normalized spacial score (nSPS) is 15.7. The molecule has 0 aliphatic carbocycles. The fraction of sp³-hybridized carbons (Fsp3) is 0.250. The molecule has 48 heavy (non-hydrogen) atoms. The number of aryl methyl sites for hydroxylation is 2. The lowest BCUT2D eigenvalue weighted by Crippen LogP contribution is -2.14. The van der Waals surface area contributed by atoms with Crippen LogP contribution in [0.15, 0.2) is 61.4 Å². The van der Waals surface area contributed by atoms with E-state index in [1.807, 2.05) is 32.4 Å². The Morgan fingerprint density at radius 3 is 2.06 bits per heavy atom. The number of nitrogens with one attached hydrogen (secondary N) is 2. The monoisotopic (exact) mass is 706 g/mol. The zero-order valence-electron chi connectivity index (χ0n) is 25.8. The van der Waals surface area contributed by atoms with Gasteiger partial charge in [0, 0.05) is 61.1 Å². The predicted octanol–water partition coefficient (Wildman–Crippen LogP) is 5.75. The van der Waals surface area contributed by atoms with E-state index in [4.69, 9.17) is 39.5 Å². The van der Waals surface area contributed by atoms with Gasteiger partial charge in [-0.3, -0.25) is 19.0 Å². The van der Waals surface area contributed by atoms with Gasteiger partial charge in [-0.15, -0.1) is 0 Å². The fourth-order valence-corrected chi connectivity index (χ4v) is 5.88. The highest BCUT2D eigenvalue weighted by atomic mass is 35.5. The number of rotatable bonds is 1. The third kappa shape index (κ3) is 7.55. The maximum absolute atomic E-state index is 12.4. The molecule has 16 heteroatoms. The van der Waals surface area contributed by atoms with Crippen LogP contribution in [-0.2, 0) is 34.8 Å². The molecule has 1 atom stereocenters. The van der Waals surface area contributed by atoms with Crippen molar-refractivity contribution >= 4 is 80.1 Å². The summed E-state index contributed by atoms with van der Waals surface area (Å²) in [5.74, 6) is -0.563. The number of carbonyl (C=O) groups excluding carboxylic acids is 2. The van der Waals surface area contributed by atoms with Gasteiger partial charge >= 0.3 is 0 Å². The Bertz CT molecular complexity index is 2120. The number of aromatic nitrogens is 8. The lowest BCUT2D eigenvalue weighted by molar-refractivity contribution is -0.116. The van der Waals surface area contributed by atoms with Gasteiger partial charge in [0.2, 0.25) is 11.8 Å². The van der Waals surface area contributed by atoms with E-state index in [9.17, 15) is 9.59 Å². The Morgan fingerprint density at radius 2 is 1.40 bits per heavy atom. The second-order valence-electron chi connectivity index (χ2n) is 11.0. The Morgan fingerprint density at radius 1 is 0.771 bits per heavy atom. The molecule has 6 aromatic rings. The first-order chi connectivity index (χ1) is 23.2. The van der Waals surface area contributed by atoms with Gasteiger partial charge in [0.25, 0.3) is 0 Å². The van der Waals surface area contributed by atoms with Crippen LogP contribution < -0.4 is 10.6 Å². The molecule has 1 fully saturated rings. The number of hydrogen-bond acceptors (Lipinski definition) is 9. The molecule has 13 nitrogen and oxygen atoms in total. The fourth-order valence-electron chi connectivity index (χ4n) is 5.33. The average molecular weight is 708 g/mol. The molecule has 0 bridgehead atoms. The van der Waals surface area contributed by atoms with Crippen LogP contribution >= 0.6 is 34.8 Å². The van der Waals surface area contributed by atoms with Gasteiger partial charge in [-0.05, 0) is 60.4 Å². The minimum Gasteiger partial charge on any atom is -0.381 e. The summed E-state index contributed by atoms with van der Waals surface area (Å²) in [6.07, 6.45) is 9.45. The Hall–Kier alpha value is -4.69. The van der Waals surface area contributed by atoms with E-state index in [-0.39, 0.29) is 11.8 Å². The van der Waals surface area contributed by atoms with Gasteiger partial charge in [-0.1, -0.05) is 34.8 Å². The molecular weight excluding hydrogens is 679 g/mol. The lowest BCUT2D eigenvalue weighted by atomic mass is 9.95. The number of anilines is 2. The van der Waals surface area contributed by atoms with Crippen LogP contribution in [0.2, 0.25) is 15.2 Å². The van der Waals surface area contributed by atoms with Crippen molar-refractivity contribution in [3.05, 3.63) is 93.5 Å². The van der Waals surface area contributed by atoms with Gasteiger partial charge < -0.3 is 15.4 Å². The number of fused-ring (bicyclic) bond motifs is 4. The number of ether oxygens (including phenoxy) is 1. The lowest BCUT2D eigenvalue weighted by Gasteiger charge is -2.08. The highest BCUT2D eigenvalue weighted by molar-refractivity contribution is 6.33. The van der Waals surface area contributed by atoms with Crippen molar-refractivity contribution in [1.82, 2.24) is 39.5 Å². The molecule has 1 unspecified atom stereocenters. The molecule has 2 aromatic carbocycles. The van der Waals surface area contributed by atoms with Crippen molar-refractivity contribution < 1.29 is 14.3 Å². The summed E-state index contributed by atoms with van der Waals surface area (Å²) in [5.41, 5.74) is 5.33. The van der Waals surface area contributed by atoms with Crippen LogP contribution in [0.1, 0.15) is 35.6 Å². The molecule has 0 spiro atoms. The van der Waals surface area contributed by atoms with Gasteiger partial charge in [0.05, 0.1) is 22.9 Å². The summed E-state index contributed by atoms with van der Waals surface area (Å²) in [5, 5.41) is 17.2. The second kappa shape index (κ2) is 14.6. The number of hydrogen-bond donors (Lipinski definition) is 2. The van der Waals surface area contributed by atoms with E-state index in [0.29, 0.717) is 38.6 Å². The van der Waals surface area contributed by atoms with Crippen LogP contribution in [0.25, 0.3) is 22.1 Å². The first-order valence-electron chi connectivity index (χ1n) is 14.9. The Kier molecular flexibility index (Phi) is 10.1. The Balaban J connectivity index is 0.000000125. The van der Waals surface area contributed by atoms with Crippen molar-refractivity contribution in [2.24, 2.45) is 14.1 Å². The summed E-state index contributed by atoms with van der Waals surface area (Å²) in [6.45, 7) is 2.00. The molecule has 246 valence electrons. The van der Waals surface area contributed by atoms with Crippen molar-refractivity contribution in [2.75, 3.05) is 23.8 Å². The summed E-state index contributed by atoms with van der Waals surface area (Å²) < 4.78 is 8.26. The first kappa shape index (κ1) is 33.2. The number of nitrogens with zero attached hydrogens (tertiary/aromatic N) is 8. The van der Waals surface area contributed by atoms with Crippen LogP contribution in [0.5, 0.6) is 0 Å². The van der Waals surface area contributed by atoms with E-state index in [1.54, 1.807) is 39.8 Å². The van der Waals surface area contributed by atoms with Gasteiger partial charge in [0.15, 0.2) is 11.3 Å². The van der Waals surface area contributed by atoms with Crippen molar-refractivity contribution in [3.63, 3.8) is 0 Å². The number of benzene rings is 2. The zero-order valence-corrected chi connectivity index (χ0v) is 28.1. The van der Waals surface area contributed by atoms with Crippen molar-refractivity contribution in [2.45, 2.75) is 25.2 Å². The molecule has 7 heterocycles. The molecule has 9 rings (SSSR count). The summed E-state index contributed by atoms with van der Waals surface area (Å²) in [4.78, 5) is 39.4. The second-order valence-corrected chi connectivity index (χ2v) is 12.2. The molecule has 0 saturated carbocycles. The van der Waals surface area contributed by atoms with Gasteiger partial charge in [-0.2, -0.15) is 10.2 Å². The molecule has 2 N–H and O–H groups in total. The Labute approximate surface area is 289 Å². The molecular formula is C32H29Cl3N10O3. The van der Waals surface area contributed by atoms with Crippen LogP contribution in [0.4, 0.5) is 11.4 Å². The number of halogens is 3. The smallest absolute Gasteiger partial charge is 0.238 e. The molecule has 1 saturated heterocycles. The van der Waals surface area contributed by atoms with E-state index in [2.05, 4.69) is 40.8 Å². The van der Waals surface area contributed by atoms with E-state index >= 15 is 0 Å². The van der Waals surface area contributed by atoms with Crippen LogP contribution in [-0.4, -0.2) is 64.5 Å². The molecule has 0 radical (unpaired) electrons. The summed E-state index contributed by atoms with van der Waals surface area (Å²) >= 11 is 17.6. The standard InChI is InChI=1S/C14H10ClN5O.C8H6ClNO.C6H5ClN4.C4H8O/c1-20-5-9-12(16-6-17-13(9)19-20)11-8-4-7(15)2-3-10(8)18-14(11)21;9-6-1-2-7-5(3-6)4-8(11)10-7;1-11-2-4-5(7)8-3-9-6(4)10-11;1-2-4-5-3-1/h2-6,11H,1H3,(H,18,21);1-3H,4H2,(H,10,11);2-3H,1H3;1-4H2. The first-order valence-corrected chi connectivity index (χ1v) is 16.0. The number of carbonyl (C=O) groups is 2. The van der Waals surface area contributed by atoms with E-state index < -0.39 is 5.92 Å². The minimum atomic E-state index is -0.492. The van der Waals surface area contributed by atoms with Gasteiger partial charge in [0.1, 0.15) is 23.7 Å². The maximum atomic E-state index is 12.4. The highest BCUT2D eigenvalue weighted by Gasteiger charge is 2.34. The quantitative estimate of drug-likeness (QED) is 0.203. The number of amides is 2. The average Bonchev–Trinajstić information content (AvgIpc) is 3.88. The van der Waals surface area contributed by atoms with E-state index in [1.165, 1.54) is 25.5 Å². The van der Waals surface area contributed by atoms with Crippen molar-refractivity contribution in [1.29, 1.82) is 0 Å². The predicted molar refractivity (Wildman–Crippen MR) is 183 cm³/mol. The topological polar surface area (TPSA) is 155 Å². The molecule has 3 aliphatic heterocycles. The van der Waals surface area contributed by atoms with E-state index in [0.717, 1.165) is 46.5 Å². The van der Waals surface area contributed by atoms with Gasteiger partial charge in [-0.25, -0.2) is 19.9 Å². The third-order valence-corrected chi connectivity index (χ3v) is 8.25. The molecule has 3 aliphatic rings. The third-order valence-electron chi connectivity index (χ3n) is 7.48. The van der Waals surface area contributed by atoms with Crippen molar-refractivity contribution in [3.8, 4) is 0 Å². The summed E-state index contributed by atoms with van der Waals surface area (Å²) in [6, 6.07) is 10.8. The highest BCUT2D eigenvalue weighted by Crippen LogP contribution is 2.39. The molecule has 2 amide bonds. The van der Waals surface area contributed by atoms with Crippen LogP contribution in [0.3, 0.4) is 0 Å². The summed E-state index contributed by atoms with van der Waals surface area (Å²) in [7, 11) is 3.63. The van der Waals surface area contributed by atoms with Crippen LogP contribution in [0, 0.1) is 0 Å². The largest absolute Gasteiger partial charge is 0.381 e. The minimum absolute atomic E-state index is 0.0438. The SMILES string of the molecule is C1CCOC1.Cn1cc2c(C3C(=O)Nc4ccc(Cl)cc43)ncnc2n1.Cn1cc2c(Cl)ncnc2n1.O=C1Cc2cc(Cl)ccc2N1.